The standard InChI is InChI=1S/C10H14N6O2/c1-15-8(11)7(9(17)14-10(15)18)12-5-6-3-4-13-16(6)2/h3-4,12H,5,11H2,1-2H3,(H,14,17,18). The number of aromatic nitrogens is 4. The zero-order chi connectivity index (χ0) is 13.3. The van der Waals surface area contributed by atoms with Crippen LogP contribution in [-0.2, 0) is 20.6 Å². The maximum Gasteiger partial charge on any atom is 0.329 e. The number of hydrogen-bond donors (Lipinski definition) is 3. The second-order valence-electron chi connectivity index (χ2n) is 3.88. The van der Waals surface area contributed by atoms with E-state index in [1.807, 2.05) is 6.07 Å². The lowest BCUT2D eigenvalue weighted by Crippen LogP contribution is -2.32. The molecule has 0 aliphatic rings. The monoisotopic (exact) mass is 250 g/mol. The van der Waals surface area contributed by atoms with E-state index in [2.05, 4.69) is 15.4 Å². The van der Waals surface area contributed by atoms with Crippen LogP contribution < -0.4 is 22.3 Å². The van der Waals surface area contributed by atoms with Crippen molar-refractivity contribution in [1.82, 2.24) is 19.3 Å². The van der Waals surface area contributed by atoms with Crippen LogP contribution in [0.1, 0.15) is 5.69 Å². The Kier molecular flexibility index (Phi) is 2.92. The molecule has 0 aromatic carbocycles. The average Bonchev–Trinajstić information content (AvgIpc) is 2.72. The first-order valence-corrected chi connectivity index (χ1v) is 5.30. The van der Waals surface area contributed by atoms with Crippen molar-refractivity contribution in [2.24, 2.45) is 14.1 Å². The molecule has 8 heteroatoms. The third-order valence-electron chi connectivity index (χ3n) is 2.74. The Bertz CT molecular complexity index is 680. The van der Waals surface area contributed by atoms with Crippen LogP contribution in [0.5, 0.6) is 0 Å². The van der Waals surface area contributed by atoms with Crippen LogP contribution >= 0.6 is 0 Å². The van der Waals surface area contributed by atoms with E-state index in [-0.39, 0.29) is 11.5 Å². The molecule has 0 unspecified atom stereocenters. The number of rotatable bonds is 3. The fraction of sp³-hybridized carbons (Fsp3) is 0.300. The van der Waals surface area contributed by atoms with Crippen LogP contribution in [-0.4, -0.2) is 19.3 Å². The van der Waals surface area contributed by atoms with Crippen molar-refractivity contribution in [3.63, 3.8) is 0 Å². The minimum atomic E-state index is -0.538. The van der Waals surface area contributed by atoms with Gasteiger partial charge in [-0.05, 0) is 6.07 Å². The van der Waals surface area contributed by atoms with E-state index in [0.29, 0.717) is 6.54 Å². The maximum absolute atomic E-state index is 11.6. The van der Waals surface area contributed by atoms with Gasteiger partial charge in [0.05, 0.1) is 12.2 Å². The van der Waals surface area contributed by atoms with E-state index >= 15 is 0 Å². The van der Waals surface area contributed by atoms with Crippen LogP contribution in [0.2, 0.25) is 0 Å². The Hall–Kier alpha value is -2.51. The highest BCUT2D eigenvalue weighted by molar-refractivity contribution is 5.60. The number of aromatic amines is 1. The van der Waals surface area contributed by atoms with Gasteiger partial charge in [-0.1, -0.05) is 0 Å². The van der Waals surface area contributed by atoms with Gasteiger partial charge < -0.3 is 11.1 Å². The molecule has 2 rings (SSSR count). The van der Waals surface area contributed by atoms with Crippen molar-refractivity contribution in [2.75, 3.05) is 11.1 Å². The smallest absolute Gasteiger partial charge is 0.329 e. The van der Waals surface area contributed by atoms with Gasteiger partial charge in [0, 0.05) is 20.3 Å². The van der Waals surface area contributed by atoms with E-state index in [1.165, 1.54) is 11.6 Å². The molecule has 0 bridgehead atoms. The molecule has 0 aliphatic carbocycles. The van der Waals surface area contributed by atoms with Crippen molar-refractivity contribution < 1.29 is 0 Å². The second-order valence-corrected chi connectivity index (χ2v) is 3.88. The summed E-state index contributed by atoms with van der Waals surface area (Å²) in [6.45, 7) is 0.391. The van der Waals surface area contributed by atoms with Gasteiger partial charge in [-0.25, -0.2) is 4.79 Å². The molecule has 0 spiro atoms. The Labute approximate surface area is 102 Å². The lowest BCUT2D eigenvalue weighted by atomic mass is 10.4. The first-order valence-electron chi connectivity index (χ1n) is 5.30. The van der Waals surface area contributed by atoms with Gasteiger partial charge in [0.15, 0.2) is 0 Å². The highest BCUT2D eigenvalue weighted by atomic mass is 16.2. The van der Waals surface area contributed by atoms with Gasteiger partial charge in [0.1, 0.15) is 11.5 Å². The van der Waals surface area contributed by atoms with Gasteiger partial charge >= 0.3 is 5.69 Å². The van der Waals surface area contributed by atoms with Gasteiger partial charge in [-0.2, -0.15) is 5.10 Å². The van der Waals surface area contributed by atoms with Crippen molar-refractivity contribution >= 4 is 11.5 Å². The summed E-state index contributed by atoms with van der Waals surface area (Å²) in [7, 11) is 3.29. The molecule has 0 amide bonds. The number of nitrogen functional groups attached to an aromatic ring is 1. The first kappa shape index (κ1) is 12.0. The molecule has 0 atom stereocenters. The lowest BCUT2D eigenvalue weighted by Gasteiger charge is -2.10. The Morgan fingerprint density at radius 1 is 1.44 bits per heavy atom. The molecule has 2 aromatic heterocycles. The van der Waals surface area contributed by atoms with E-state index in [4.69, 9.17) is 5.73 Å². The molecule has 0 fully saturated rings. The predicted octanol–water partition coefficient (Wildman–Crippen LogP) is -0.999. The van der Waals surface area contributed by atoms with E-state index in [9.17, 15) is 9.59 Å². The third kappa shape index (κ3) is 1.99. The fourth-order valence-electron chi connectivity index (χ4n) is 1.56. The molecule has 2 heterocycles. The molecule has 0 aliphatic heterocycles. The van der Waals surface area contributed by atoms with Gasteiger partial charge in [-0.15, -0.1) is 0 Å². The summed E-state index contributed by atoms with van der Waals surface area (Å²) in [5.74, 6) is 0.103. The van der Waals surface area contributed by atoms with E-state index in [1.54, 1.807) is 17.9 Å². The number of anilines is 2. The first-order chi connectivity index (χ1) is 8.50. The summed E-state index contributed by atoms with van der Waals surface area (Å²) in [5.41, 5.74) is 5.72. The fourth-order valence-corrected chi connectivity index (χ4v) is 1.56. The number of hydrogen-bond acceptors (Lipinski definition) is 5. The van der Waals surface area contributed by atoms with Crippen LogP contribution in [0.15, 0.2) is 21.9 Å². The lowest BCUT2D eigenvalue weighted by molar-refractivity contribution is 0.719. The second kappa shape index (κ2) is 4.40. The van der Waals surface area contributed by atoms with Crippen LogP contribution in [0.3, 0.4) is 0 Å². The Morgan fingerprint density at radius 2 is 2.17 bits per heavy atom. The van der Waals surface area contributed by atoms with E-state index < -0.39 is 11.2 Å². The minimum absolute atomic E-state index is 0.103. The molecule has 8 nitrogen and oxygen atoms in total. The van der Waals surface area contributed by atoms with Crippen LogP contribution in [0.4, 0.5) is 11.5 Å². The quantitative estimate of drug-likeness (QED) is 0.647. The third-order valence-corrected chi connectivity index (χ3v) is 2.74. The zero-order valence-electron chi connectivity index (χ0n) is 10.1. The highest BCUT2D eigenvalue weighted by Crippen LogP contribution is 2.10. The van der Waals surface area contributed by atoms with Crippen LogP contribution in [0.25, 0.3) is 0 Å². The summed E-state index contributed by atoms with van der Waals surface area (Å²) in [5, 5.41) is 6.91. The predicted molar refractivity (Wildman–Crippen MR) is 67.3 cm³/mol. The topological polar surface area (TPSA) is 111 Å². The zero-order valence-corrected chi connectivity index (χ0v) is 10.1. The summed E-state index contributed by atoms with van der Waals surface area (Å²) in [4.78, 5) is 25.1. The van der Waals surface area contributed by atoms with Crippen molar-refractivity contribution in [3.8, 4) is 0 Å². The summed E-state index contributed by atoms with van der Waals surface area (Å²) in [6.07, 6.45) is 1.66. The van der Waals surface area contributed by atoms with Gasteiger partial charge in [-0.3, -0.25) is 19.0 Å². The Balaban J connectivity index is 2.31. The molecule has 18 heavy (non-hydrogen) atoms. The highest BCUT2D eigenvalue weighted by Gasteiger charge is 2.09. The minimum Gasteiger partial charge on any atom is -0.383 e. The summed E-state index contributed by atoms with van der Waals surface area (Å²) >= 11 is 0. The summed E-state index contributed by atoms with van der Waals surface area (Å²) < 4.78 is 2.85. The van der Waals surface area contributed by atoms with Crippen molar-refractivity contribution in [2.45, 2.75) is 6.54 Å². The van der Waals surface area contributed by atoms with Crippen molar-refractivity contribution in [3.05, 3.63) is 38.8 Å². The van der Waals surface area contributed by atoms with Crippen LogP contribution in [0, 0.1) is 0 Å². The molecular weight excluding hydrogens is 236 g/mol. The molecule has 4 N–H and O–H groups in total. The average molecular weight is 250 g/mol. The van der Waals surface area contributed by atoms with Crippen molar-refractivity contribution in [1.29, 1.82) is 0 Å². The molecule has 96 valence electrons. The number of nitrogens with one attached hydrogen (secondary N) is 2. The number of nitrogens with two attached hydrogens (primary N) is 1. The number of nitrogens with zero attached hydrogens (tertiary/aromatic N) is 3. The SMILES string of the molecule is Cn1nccc1CNc1c(N)n(C)c(=O)[nH]c1=O. The largest absolute Gasteiger partial charge is 0.383 e. The number of H-pyrrole nitrogens is 1. The molecule has 0 radical (unpaired) electrons. The van der Waals surface area contributed by atoms with Gasteiger partial charge in [0.25, 0.3) is 5.56 Å². The van der Waals surface area contributed by atoms with E-state index in [0.717, 1.165) is 5.69 Å². The Morgan fingerprint density at radius 3 is 2.78 bits per heavy atom. The molecule has 0 saturated carbocycles. The normalized spacial score (nSPS) is 10.6. The maximum atomic E-state index is 11.6. The summed E-state index contributed by atoms with van der Waals surface area (Å²) in [6, 6.07) is 1.82. The number of aryl methyl sites for hydroxylation is 1. The van der Waals surface area contributed by atoms with Gasteiger partial charge in [0.2, 0.25) is 0 Å². The molecule has 0 saturated heterocycles. The molecular formula is C10H14N6O2. The molecule has 2 aromatic rings.